The van der Waals surface area contributed by atoms with Gasteiger partial charge >= 0.3 is 5.97 Å². The van der Waals surface area contributed by atoms with Gasteiger partial charge in [-0.05, 0) is 202 Å². The van der Waals surface area contributed by atoms with Crippen molar-refractivity contribution in [3.8, 4) is 0 Å². The van der Waals surface area contributed by atoms with Crippen LogP contribution in [0, 0.1) is 35.5 Å². The molecule has 0 aliphatic carbocycles. The van der Waals surface area contributed by atoms with E-state index in [-0.39, 0.29) is 133 Å². The highest BCUT2D eigenvalue weighted by molar-refractivity contribution is 6.00. The Morgan fingerprint density at radius 2 is 0.712 bits per heavy atom. The molecule has 24 N–H and O–H groups in total. The van der Waals surface area contributed by atoms with Crippen molar-refractivity contribution in [1.82, 2.24) is 63.4 Å². The Labute approximate surface area is 657 Å². The highest BCUT2D eigenvalue weighted by atomic mass is 16.4. The molecule has 13 amide bonds. The van der Waals surface area contributed by atoms with Gasteiger partial charge in [0.15, 0.2) is 0 Å². The first-order valence-corrected chi connectivity index (χ1v) is 40.1. The molecule has 2 rings (SSSR count). The fraction of sp³-hybridized carbons (Fsp3) is 0.744. The molecule has 0 unspecified atom stereocenters. The molecule has 33 nitrogen and oxygen atoms in total. The van der Waals surface area contributed by atoms with E-state index in [1.165, 1.54) is 4.90 Å². The number of amides is 13. The predicted octanol–water partition coefficient (Wildman–Crippen LogP) is 0.633. The van der Waals surface area contributed by atoms with E-state index in [1.54, 1.807) is 55.4 Å². The van der Waals surface area contributed by atoms with Gasteiger partial charge in [0, 0.05) is 13.0 Å². The minimum Gasteiger partial charge on any atom is -0.481 e. The summed E-state index contributed by atoms with van der Waals surface area (Å²) in [5, 5.41) is 40.0. The van der Waals surface area contributed by atoms with Crippen molar-refractivity contribution in [2.24, 2.45) is 69.9 Å². The van der Waals surface area contributed by atoms with E-state index in [2.05, 4.69) is 58.5 Å². The molecule has 0 saturated carbocycles. The van der Waals surface area contributed by atoms with Gasteiger partial charge in [-0.25, -0.2) is 0 Å². The summed E-state index contributed by atoms with van der Waals surface area (Å²) in [7, 11) is 0. The summed E-state index contributed by atoms with van der Waals surface area (Å²) in [5.41, 5.74) is 36.3. The van der Waals surface area contributed by atoms with E-state index in [0.717, 1.165) is 5.56 Å². The second-order valence-corrected chi connectivity index (χ2v) is 31.9. The molecule has 33 heteroatoms. The molecule has 1 aromatic rings. The van der Waals surface area contributed by atoms with E-state index in [4.69, 9.17) is 34.4 Å². The van der Waals surface area contributed by atoms with Crippen LogP contribution in [0.2, 0.25) is 0 Å². The first-order chi connectivity index (χ1) is 52.4. The Bertz CT molecular complexity index is 3100. The lowest BCUT2D eigenvalue weighted by Crippen LogP contribution is -2.61. The van der Waals surface area contributed by atoms with Crippen molar-refractivity contribution in [3.63, 3.8) is 0 Å². The molecule has 1 fully saturated rings. The Hall–Kier alpha value is -8.40. The molecule has 1 aromatic carbocycles. The van der Waals surface area contributed by atoms with Crippen LogP contribution in [0.15, 0.2) is 30.3 Å². The van der Waals surface area contributed by atoms with Crippen LogP contribution >= 0.6 is 0 Å². The van der Waals surface area contributed by atoms with Crippen LogP contribution in [-0.2, 0) is 73.5 Å². The molecule has 0 spiro atoms. The molecular weight excluding hydrogens is 1430 g/mol. The number of hydrogen-bond acceptors (Lipinski definition) is 19. The minimum atomic E-state index is -1.55. The van der Waals surface area contributed by atoms with Crippen LogP contribution < -0.4 is 92.9 Å². The SMILES string of the molecule is CC(C)C[C@H](NC(=O)[C@H](CC(C)C)NC(=O)[C@H](CCC(=O)O)NC(=O)[C@H](CCCCN)NC(=O)[C@H](CC(C)C)NC(=O)[C@H](CC(C)C)NC(=O)[C@H](CCCCN)NC(=O)[C@H](CCCCN)NC(=O)[C@@H](NC(=O)[C@H](CCCCN)NC(=O)[C@@H]1CCCN1C(=O)[C@H](CC(C)C)NC(=O)[C@@H](N)Cc1ccccc1)C(C)C)C(N)=O. The lowest BCUT2D eigenvalue weighted by atomic mass is 9.98. The molecular formula is C78H138N18O15. The van der Waals surface area contributed by atoms with Crippen molar-refractivity contribution in [2.75, 3.05) is 32.7 Å². The quantitative estimate of drug-likeness (QED) is 0.0398. The topological polar surface area (TPSA) is 551 Å². The highest BCUT2D eigenvalue weighted by Crippen LogP contribution is 2.23. The average molecular weight is 1570 g/mol. The maximum atomic E-state index is 14.8. The van der Waals surface area contributed by atoms with Gasteiger partial charge in [0.2, 0.25) is 76.8 Å². The van der Waals surface area contributed by atoms with Crippen LogP contribution in [0.1, 0.15) is 223 Å². The minimum absolute atomic E-state index is 0.0228. The number of carboxylic acid groups (broad SMARTS) is 1. The lowest BCUT2D eigenvalue weighted by Gasteiger charge is -2.31. The van der Waals surface area contributed by atoms with Crippen LogP contribution in [0.5, 0.6) is 0 Å². The monoisotopic (exact) mass is 1570 g/mol. The van der Waals surface area contributed by atoms with E-state index in [0.29, 0.717) is 57.8 Å². The van der Waals surface area contributed by atoms with Gasteiger partial charge in [-0.1, -0.05) is 113 Å². The number of primary amides is 1. The molecule has 0 radical (unpaired) electrons. The summed E-state index contributed by atoms with van der Waals surface area (Å²) >= 11 is 0. The van der Waals surface area contributed by atoms with Gasteiger partial charge in [0.25, 0.3) is 0 Å². The smallest absolute Gasteiger partial charge is 0.303 e. The van der Waals surface area contributed by atoms with E-state index in [1.807, 2.05) is 58.0 Å². The molecule has 1 saturated heterocycles. The van der Waals surface area contributed by atoms with Crippen LogP contribution in [0.4, 0.5) is 0 Å². The predicted molar refractivity (Wildman–Crippen MR) is 424 cm³/mol. The number of hydrogen-bond donors (Lipinski definition) is 18. The van der Waals surface area contributed by atoms with E-state index in [9.17, 15) is 72.2 Å². The number of carbonyl (C=O) groups is 14. The molecule has 1 aliphatic rings. The van der Waals surface area contributed by atoms with Crippen molar-refractivity contribution < 1.29 is 72.2 Å². The number of carbonyl (C=O) groups excluding carboxylic acids is 13. The van der Waals surface area contributed by atoms with Gasteiger partial charge < -0.3 is 103 Å². The van der Waals surface area contributed by atoms with Gasteiger partial charge in [-0.15, -0.1) is 0 Å². The van der Waals surface area contributed by atoms with E-state index >= 15 is 0 Å². The second kappa shape index (κ2) is 52.8. The van der Waals surface area contributed by atoms with E-state index < -0.39 is 180 Å². The number of nitrogens with one attached hydrogen (secondary N) is 11. The standard InChI is InChI=1S/C78H138N18O15/c1-45(2)39-58(66(84)99)90-74(107)60(41-47(5)6)92-71(104)57(32-33-64(97)98)87-68(101)53(27-16-20-34-79)86-73(106)59(40-46(3)4)93-75(108)61(42-48(7)8)91-70(103)54(28-17-21-35-80)85-69(102)55(29-18-22-36-81)89-77(110)65(50(11)12)95-72(105)56(30-19-23-37-82)88-76(109)63-31-24-38-96(63)78(111)62(43-49(9)10)94-67(100)52(83)44-51-25-14-13-15-26-51/h13-15,25-26,45-50,52-63,65H,16-24,27-44,79-83H2,1-12H3,(H2,84,99)(H,85,102)(H,86,106)(H,87,101)(H,88,109)(H,89,110)(H,90,107)(H,91,103)(H,92,104)(H,93,108)(H,94,100)(H,95,105)(H,97,98)/t52-,53-,54-,55-,56-,57-,58-,59-,60-,61-,62-,63-,65-/m0/s1. The molecule has 1 heterocycles. The second-order valence-electron chi connectivity index (χ2n) is 31.9. The number of nitrogens with zero attached hydrogens (tertiary/aromatic N) is 1. The summed E-state index contributed by atoms with van der Waals surface area (Å²) in [5.74, 6) is -12.2. The van der Waals surface area contributed by atoms with Crippen LogP contribution in [-0.4, -0.2) is 204 Å². The first kappa shape index (κ1) is 98.7. The molecule has 0 bridgehead atoms. The zero-order valence-electron chi connectivity index (χ0n) is 68.0. The summed E-state index contributed by atoms with van der Waals surface area (Å²) < 4.78 is 0. The average Bonchev–Trinajstić information content (AvgIpc) is 1.73. The molecule has 630 valence electrons. The molecule has 1 aliphatic heterocycles. The van der Waals surface area contributed by atoms with Crippen molar-refractivity contribution in [2.45, 2.75) is 303 Å². The van der Waals surface area contributed by atoms with Gasteiger partial charge in [-0.3, -0.25) is 67.1 Å². The number of nitrogens with two attached hydrogens (primary N) is 6. The third-order valence-electron chi connectivity index (χ3n) is 19.0. The third kappa shape index (κ3) is 38.1. The maximum Gasteiger partial charge on any atom is 0.303 e. The first-order valence-electron chi connectivity index (χ1n) is 40.1. The Morgan fingerprint density at radius 3 is 1.07 bits per heavy atom. The summed E-state index contributed by atoms with van der Waals surface area (Å²) in [4.78, 5) is 198. The molecule has 111 heavy (non-hydrogen) atoms. The normalized spacial score (nSPS) is 16.2. The number of rotatable bonds is 56. The van der Waals surface area contributed by atoms with Crippen LogP contribution in [0.25, 0.3) is 0 Å². The number of likely N-dealkylation sites (tertiary alicyclic amines) is 1. The summed E-state index contributed by atoms with van der Waals surface area (Å²) in [6.07, 6.45) is 3.83. The largest absolute Gasteiger partial charge is 0.481 e. The number of benzene rings is 1. The number of carboxylic acids is 1. The Balaban J connectivity index is 2.50. The number of unbranched alkanes of at least 4 members (excludes halogenated alkanes) is 4. The third-order valence-corrected chi connectivity index (χ3v) is 19.0. The lowest BCUT2D eigenvalue weighted by molar-refractivity contribution is -0.142. The fourth-order valence-electron chi connectivity index (χ4n) is 13.1. The molecule has 0 aromatic heterocycles. The maximum absolute atomic E-state index is 14.8. The zero-order chi connectivity index (χ0) is 83.6. The zero-order valence-corrected chi connectivity index (χ0v) is 68.0. The van der Waals surface area contributed by atoms with Crippen molar-refractivity contribution >= 4 is 82.8 Å². The highest BCUT2D eigenvalue weighted by Gasteiger charge is 2.42. The summed E-state index contributed by atoms with van der Waals surface area (Å²) in [6.45, 7) is 22.8. The Morgan fingerprint density at radius 1 is 0.396 bits per heavy atom. The van der Waals surface area contributed by atoms with Crippen molar-refractivity contribution in [3.05, 3.63) is 35.9 Å². The van der Waals surface area contributed by atoms with Gasteiger partial charge in [0.05, 0.1) is 6.04 Å². The number of aliphatic carboxylic acids is 1. The van der Waals surface area contributed by atoms with Crippen LogP contribution in [0.3, 0.4) is 0 Å². The molecule has 13 atom stereocenters. The fourth-order valence-corrected chi connectivity index (χ4v) is 13.1. The van der Waals surface area contributed by atoms with Crippen molar-refractivity contribution in [1.29, 1.82) is 0 Å². The van der Waals surface area contributed by atoms with Gasteiger partial charge in [0.1, 0.15) is 72.5 Å². The van der Waals surface area contributed by atoms with Gasteiger partial charge in [-0.2, -0.15) is 0 Å². The summed E-state index contributed by atoms with van der Waals surface area (Å²) in [6, 6.07) is -6.74. The Kier molecular flexibility index (Phi) is 46.9.